The molecule has 1 heterocycles. The van der Waals surface area contributed by atoms with Gasteiger partial charge in [-0.2, -0.15) is 0 Å². The molecule has 146 valence electrons. The molecular weight excluding hydrogens is 367 g/mol. The maximum atomic E-state index is 11.4. The van der Waals surface area contributed by atoms with Crippen molar-refractivity contribution in [1.82, 2.24) is 0 Å². The lowest BCUT2D eigenvalue weighted by molar-refractivity contribution is -0.148. The third kappa shape index (κ3) is 4.91. The van der Waals surface area contributed by atoms with E-state index in [-0.39, 0.29) is 5.97 Å². The first-order chi connectivity index (χ1) is 13.4. The number of fused-ring (bicyclic) bond motifs is 1. The first-order valence-electron chi connectivity index (χ1n) is 9.59. The summed E-state index contributed by atoms with van der Waals surface area (Å²) in [4.78, 5) is 11.4. The number of ether oxygens (including phenoxy) is 1. The maximum Gasteiger partial charge on any atom is 0.330 e. The third-order valence-corrected chi connectivity index (χ3v) is 6.43. The van der Waals surface area contributed by atoms with Crippen LogP contribution in [0.2, 0.25) is 0 Å². The van der Waals surface area contributed by atoms with Crippen LogP contribution in [0.4, 0.5) is 0 Å². The van der Waals surface area contributed by atoms with Gasteiger partial charge in [-0.3, -0.25) is 0 Å². The Labute approximate surface area is 168 Å². The zero-order valence-corrected chi connectivity index (χ0v) is 17.7. The Morgan fingerprint density at radius 2 is 2.00 bits per heavy atom. The maximum absolute atomic E-state index is 11.4. The molecule has 0 spiro atoms. The van der Waals surface area contributed by atoms with E-state index in [1.54, 1.807) is 0 Å². The van der Waals surface area contributed by atoms with Crippen LogP contribution >= 0.6 is 8.58 Å². The van der Waals surface area contributed by atoms with Gasteiger partial charge in [0, 0.05) is 23.2 Å². The van der Waals surface area contributed by atoms with Gasteiger partial charge in [0.1, 0.15) is 16.9 Å². The summed E-state index contributed by atoms with van der Waals surface area (Å²) < 4.78 is 11.6. The van der Waals surface area contributed by atoms with Crippen molar-refractivity contribution in [2.24, 2.45) is 0 Å². The molecular formula is C24H27O3P. The van der Waals surface area contributed by atoms with Crippen molar-refractivity contribution in [2.75, 3.05) is 6.16 Å². The quantitative estimate of drug-likeness (QED) is 0.254. The largest absolute Gasteiger partial charge is 0.456 e. The van der Waals surface area contributed by atoms with Crippen LogP contribution in [0.15, 0.2) is 65.6 Å². The molecule has 1 aromatic heterocycles. The number of furan rings is 1. The first kappa shape index (κ1) is 20.4. The molecule has 1 unspecified atom stereocenters. The monoisotopic (exact) mass is 394 g/mol. The van der Waals surface area contributed by atoms with Crippen molar-refractivity contribution in [3.63, 3.8) is 0 Å². The molecule has 0 radical (unpaired) electrons. The summed E-state index contributed by atoms with van der Waals surface area (Å²) in [6, 6.07) is 16.9. The Balaban J connectivity index is 1.71. The molecule has 0 bridgehead atoms. The lowest BCUT2D eigenvalue weighted by Gasteiger charge is -2.24. The SMILES string of the molecule is C=CC(=O)OC(C)(C)CPCc1ccc2cc(-c3ccccc3CC)oc2c1. The number of hydrogen-bond donors (Lipinski definition) is 0. The second-order valence-electron chi connectivity index (χ2n) is 7.48. The minimum Gasteiger partial charge on any atom is -0.456 e. The lowest BCUT2D eigenvalue weighted by Crippen LogP contribution is -2.29. The summed E-state index contributed by atoms with van der Waals surface area (Å²) >= 11 is 0. The van der Waals surface area contributed by atoms with Crippen LogP contribution < -0.4 is 0 Å². The van der Waals surface area contributed by atoms with Gasteiger partial charge in [0.05, 0.1) is 0 Å². The number of aryl methyl sites for hydroxylation is 1. The topological polar surface area (TPSA) is 39.4 Å². The minimum atomic E-state index is -0.477. The van der Waals surface area contributed by atoms with Crippen LogP contribution in [0.1, 0.15) is 31.9 Å². The summed E-state index contributed by atoms with van der Waals surface area (Å²) in [6.07, 6.45) is 3.94. The van der Waals surface area contributed by atoms with Gasteiger partial charge in [-0.1, -0.05) is 49.9 Å². The molecule has 4 heteroatoms. The van der Waals surface area contributed by atoms with Gasteiger partial charge in [-0.15, -0.1) is 8.58 Å². The Bertz CT molecular complexity index is 984. The van der Waals surface area contributed by atoms with Crippen molar-refractivity contribution in [3.05, 3.63) is 72.3 Å². The summed E-state index contributed by atoms with van der Waals surface area (Å²) in [5, 5.41) is 1.12. The molecule has 3 rings (SSSR count). The fourth-order valence-electron chi connectivity index (χ4n) is 3.25. The van der Waals surface area contributed by atoms with E-state index in [0.29, 0.717) is 8.58 Å². The number of carbonyl (C=O) groups excluding carboxylic acids is 1. The zero-order valence-electron chi connectivity index (χ0n) is 16.7. The van der Waals surface area contributed by atoms with E-state index in [1.165, 1.54) is 17.2 Å². The van der Waals surface area contributed by atoms with Crippen molar-refractivity contribution < 1.29 is 13.9 Å². The molecule has 28 heavy (non-hydrogen) atoms. The van der Waals surface area contributed by atoms with Gasteiger partial charge in [0.15, 0.2) is 0 Å². The van der Waals surface area contributed by atoms with Crippen molar-refractivity contribution in [3.8, 4) is 11.3 Å². The fourth-order valence-corrected chi connectivity index (χ4v) is 4.55. The van der Waals surface area contributed by atoms with E-state index in [1.807, 2.05) is 13.8 Å². The molecule has 0 saturated heterocycles. The first-order valence-corrected chi connectivity index (χ1v) is 11.0. The number of hydrogen-bond acceptors (Lipinski definition) is 3. The normalized spacial score (nSPS) is 12.0. The van der Waals surface area contributed by atoms with Crippen LogP contribution in [0, 0.1) is 0 Å². The highest BCUT2D eigenvalue weighted by atomic mass is 31.1. The fraction of sp³-hybridized carbons (Fsp3) is 0.292. The van der Waals surface area contributed by atoms with Gasteiger partial charge < -0.3 is 9.15 Å². The molecule has 0 aliphatic carbocycles. The number of esters is 1. The van der Waals surface area contributed by atoms with E-state index < -0.39 is 5.60 Å². The molecule has 0 fully saturated rings. The molecule has 0 amide bonds. The van der Waals surface area contributed by atoms with Crippen LogP contribution in [-0.4, -0.2) is 17.7 Å². The molecule has 3 aromatic rings. The van der Waals surface area contributed by atoms with Gasteiger partial charge in [-0.25, -0.2) is 4.79 Å². The number of carbonyl (C=O) groups is 1. The zero-order chi connectivity index (χ0) is 20.1. The third-order valence-electron chi connectivity index (χ3n) is 4.67. The van der Waals surface area contributed by atoms with Crippen molar-refractivity contribution in [1.29, 1.82) is 0 Å². The Morgan fingerprint density at radius 3 is 2.75 bits per heavy atom. The minimum absolute atomic E-state index is 0.369. The van der Waals surface area contributed by atoms with E-state index in [4.69, 9.17) is 9.15 Å². The molecule has 0 N–H and O–H groups in total. The number of rotatable bonds is 8. The Morgan fingerprint density at radius 1 is 1.21 bits per heavy atom. The molecule has 0 saturated carbocycles. The second-order valence-corrected chi connectivity index (χ2v) is 8.69. The Hall–Kier alpha value is -2.38. The van der Waals surface area contributed by atoms with Gasteiger partial charge >= 0.3 is 5.97 Å². The van der Waals surface area contributed by atoms with Gasteiger partial charge in [-0.05, 0) is 49.7 Å². The smallest absolute Gasteiger partial charge is 0.330 e. The molecule has 0 aliphatic rings. The highest BCUT2D eigenvalue weighted by molar-refractivity contribution is 7.37. The summed E-state index contributed by atoms with van der Waals surface area (Å²) in [5.74, 6) is 0.552. The second kappa shape index (κ2) is 8.75. The summed E-state index contributed by atoms with van der Waals surface area (Å²) in [5.41, 5.74) is 4.13. The van der Waals surface area contributed by atoms with E-state index >= 15 is 0 Å². The van der Waals surface area contributed by atoms with Gasteiger partial charge in [0.25, 0.3) is 0 Å². The number of benzene rings is 2. The molecule has 1 atom stereocenters. The van der Waals surface area contributed by atoms with Crippen molar-refractivity contribution in [2.45, 2.75) is 39.0 Å². The summed E-state index contributed by atoms with van der Waals surface area (Å²) in [6.45, 7) is 9.49. The highest BCUT2D eigenvalue weighted by Gasteiger charge is 2.21. The molecule has 0 aliphatic heterocycles. The summed E-state index contributed by atoms with van der Waals surface area (Å²) in [7, 11) is 0.658. The van der Waals surface area contributed by atoms with Crippen LogP contribution in [0.25, 0.3) is 22.3 Å². The Kier molecular flexibility index (Phi) is 6.36. The average molecular weight is 394 g/mol. The van der Waals surface area contributed by atoms with E-state index in [9.17, 15) is 4.79 Å². The molecule has 2 aromatic carbocycles. The standard InChI is InChI=1S/C24H27O3P/c1-5-18-9-7-8-10-20(18)22-14-19-12-11-17(13-21(19)26-22)15-28-16-24(3,4)27-23(25)6-2/h6-14,28H,2,5,15-16H2,1,3-4H3. The lowest BCUT2D eigenvalue weighted by atomic mass is 10.0. The predicted octanol–water partition coefficient (Wildman–Crippen LogP) is 6.35. The van der Waals surface area contributed by atoms with Crippen LogP contribution in [0.3, 0.4) is 0 Å². The average Bonchev–Trinajstić information content (AvgIpc) is 3.10. The van der Waals surface area contributed by atoms with Crippen LogP contribution in [-0.2, 0) is 22.1 Å². The van der Waals surface area contributed by atoms with E-state index in [2.05, 4.69) is 62.0 Å². The van der Waals surface area contributed by atoms with Crippen LogP contribution in [0.5, 0.6) is 0 Å². The van der Waals surface area contributed by atoms with Crippen molar-refractivity contribution >= 4 is 25.5 Å². The van der Waals surface area contributed by atoms with E-state index in [0.717, 1.165) is 41.0 Å². The van der Waals surface area contributed by atoms with Gasteiger partial charge in [0.2, 0.25) is 0 Å². The molecule has 3 nitrogen and oxygen atoms in total. The predicted molar refractivity (Wildman–Crippen MR) is 118 cm³/mol. The highest BCUT2D eigenvalue weighted by Crippen LogP contribution is 2.32.